The monoisotopic (exact) mass is 482 g/mol. The Morgan fingerprint density at radius 3 is 2.06 bits per heavy atom. The summed E-state index contributed by atoms with van der Waals surface area (Å²) >= 11 is 0. The number of nitrogens with zero attached hydrogens (tertiary/aromatic N) is 2. The van der Waals surface area contributed by atoms with Crippen LogP contribution in [0.15, 0.2) is 72.8 Å². The Morgan fingerprint density at radius 1 is 0.778 bits per heavy atom. The van der Waals surface area contributed by atoms with E-state index in [1.54, 1.807) is 0 Å². The number of nitro benzene ring substituents is 1. The lowest BCUT2D eigenvalue weighted by Gasteiger charge is -2.28. The Labute approximate surface area is 201 Å². The predicted octanol–water partition coefficient (Wildman–Crippen LogP) is 4.61. The average molecular weight is 482 g/mol. The van der Waals surface area contributed by atoms with Crippen molar-refractivity contribution in [3.05, 3.63) is 105 Å². The van der Waals surface area contributed by atoms with E-state index in [2.05, 4.69) is 0 Å². The lowest BCUT2D eigenvalue weighted by atomic mass is 9.87. The molecule has 0 unspecified atom stereocenters. The minimum Gasteiger partial charge on any atom is -0.478 e. The molecule has 36 heavy (non-hydrogen) atoms. The number of rotatable bonds is 5. The first kappa shape index (κ1) is 22.4. The van der Waals surface area contributed by atoms with Crippen molar-refractivity contribution >= 4 is 45.9 Å². The molecule has 10 nitrogen and oxygen atoms in total. The Bertz CT molecular complexity index is 1660. The van der Waals surface area contributed by atoms with Gasteiger partial charge < -0.3 is 10.2 Å². The van der Waals surface area contributed by atoms with E-state index in [0.29, 0.717) is 0 Å². The number of anilines is 1. The van der Waals surface area contributed by atoms with Gasteiger partial charge >= 0.3 is 11.9 Å². The second kappa shape index (κ2) is 8.13. The zero-order valence-corrected chi connectivity index (χ0v) is 18.2. The van der Waals surface area contributed by atoms with Gasteiger partial charge in [0.25, 0.3) is 17.5 Å². The van der Waals surface area contributed by atoms with Gasteiger partial charge in [-0.05, 0) is 53.4 Å². The van der Waals surface area contributed by atoms with Crippen molar-refractivity contribution in [1.82, 2.24) is 0 Å². The number of carbonyl (C=O) groups excluding carboxylic acids is 2. The molecule has 2 N–H and O–H groups in total. The highest BCUT2D eigenvalue weighted by molar-refractivity contribution is 6.37. The first-order valence-electron chi connectivity index (χ1n) is 10.5. The molecule has 0 spiro atoms. The van der Waals surface area contributed by atoms with Crippen LogP contribution in [0.4, 0.5) is 11.4 Å². The van der Waals surface area contributed by atoms with E-state index in [1.165, 1.54) is 66.7 Å². The lowest BCUT2D eigenvalue weighted by Crippen LogP contribution is -2.40. The van der Waals surface area contributed by atoms with Crippen molar-refractivity contribution in [2.45, 2.75) is 0 Å². The van der Waals surface area contributed by atoms with Crippen molar-refractivity contribution in [3.8, 4) is 11.1 Å². The van der Waals surface area contributed by atoms with Crippen LogP contribution in [-0.2, 0) is 0 Å². The van der Waals surface area contributed by atoms with Gasteiger partial charge in [-0.25, -0.2) is 14.5 Å². The van der Waals surface area contributed by atoms with Gasteiger partial charge in [0.05, 0.1) is 32.9 Å². The van der Waals surface area contributed by atoms with Gasteiger partial charge in [-0.15, -0.1) is 0 Å². The molecule has 5 rings (SSSR count). The molecule has 4 aromatic rings. The van der Waals surface area contributed by atoms with Crippen LogP contribution in [-0.4, -0.2) is 38.9 Å². The predicted molar refractivity (Wildman–Crippen MR) is 128 cm³/mol. The summed E-state index contributed by atoms with van der Waals surface area (Å²) in [5.41, 5.74) is -0.0604. The molecule has 1 aliphatic heterocycles. The molecule has 0 saturated heterocycles. The quantitative estimate of drug-likeness (QED) is 0.237. The molecule has 0 fully saturated rings. The van der Waals surface area contributed by atoms with E-state index in [1.807, 2.05) is 0 Å². The summed E-state index contributed by atoms with van der Waals surface area (Å²) in [5, 5.41) is 31.1. The van der Waals surface area contributed by atoms with Crippen molar-refractivity contribution < 1.29 is 34.3 Å². The molecular formula is C26H14N2O8. The van der Waals surface area contributed by atoms with Gasteiger partial charge in [-0.3, -0.25) is 19.7 Å². The van der Waals surface area contributed by atoms with Crippen LogP contribution in [0, 0.1) is 10.1 Å². The molecule has 1 aliphatic rings. The Hall–Kier alpha value is -5.38. The van der Waals surface area contributed by atoms with Crippen LogP contribution >= 0.6 is 0 Å². The maximum Gasteiger partial charge on any atom is 0.335 e. The van der Waals surface area contributed by atoms with Gasteiger partial charge in [0.2, 0.25) is 0 Å². The second-order valence-electron chi connectivity index (χ2n) is 7.99. The summed E-state index contributed by atoms with van der Waals surface area (Å²) < 4.78 is 0. The molecular weight excluding hydrogens is 468 g/mol. The first-order valence-corrected chi connectivity index (χ1v) is 10.5. The van der Waals surface area contributed by atoms with Gasteiger partial charge in [0, 0.05) is 17.0 Å². The van der Waals surface area contributed by atoms with Crippen molar-refractivity contribution in [3.63, 3.8) is 0 Å². The van der Waals surface area contributed by atoms with E-state index in [0.717, 1.165) is 11.0 Å². The lowest BCUT2D eigenvalue weighted by molar-refractivity contribution is -0.384. The minimum atomic E-state index is -1.21. The fraction of sp³-hybridized carbons (Fsp3) is 0. The number of benzene rings is 4. The standard InChI is InChI=1S/C26H14N2O8/c29-23-18-6-2-5-17-21(14-3-1-4-15(11-14)26(33)34)20(28(35)36)12-19(22(17)18)24(30)27(23)16-9-7-13(8-10-16)25(31)32/h1-12H,(H,31,32)(H,33,34). The summed E-state index contributed by atoms with van der Waals surface area (Å²) in [4.78, 5) is 61.8. The fourth-order valence-electron chi connectivity index (χ4n) is 4.39. The van der Waals surface area contributed by atoms with E-state index < -0.39 is 34.4 Å². The van der Waals surface area contributed by atoms with Crippen LogP contribution < -0.4 is 4.90 Å². The molecule has 0 aliphatic carbocycles. The van der Waals surface area contributed by atoms with Crippen LogP contribution in [0.5, 0.6) is 0 Å². The average Bonchev–Trinajstić information content (AvgIpc) is 2.87. The zero-order chi connectivity index (χ0) is 25.7. The van der Waals surface area contributed by atoms with E-state index in [4.69, 9.17) is 5.11 Å². The number of hydrogen-bond acceptors (Lipinski definition) is 6. The summed E-state index contributed by atoms with van der Waals surface area (Å²) in [6.07, 6.45) is 0. The SMILES string of the molecule is O=C(O)c1ccc(N2C(=O)c3cccc4c(-c5cccc(C(=O)O)c5)c([N+](=O)[O-])cc(c34)C2=O)cc1. The van der Waals surface area contributed by atoms with E-state index in [9.17, 15) is 34.4 Å². The Kier molecular flexibility index (Phi) is 5.06. The van der Waals surface area contributed by atoms with E-state index >= 15 is 0 Å². The van der Waals surface area contributed by atoms with E-state index in [-0.39, 0.29) is 49.8 Å². The summed E-state index contributed by atoms with van der Waals surface area (Å²) in [6.45, 7) is 0. The smallest absolute Gasteiger partial charge is 0.335 e. The molecule has 176 valence electrons. The maximum absolute atomic E-state index is 13.5. The third kappa shape index (κ3) is 3.36. The third-order valence-corrected chi connectivity index (χ3v) is 5.97. The second-order valence-corrected chi connectivity index (χ2v) is 7.99. The number of aromatic carboxylic acids is 2. The van der Waals surface area contributed by atoms with Gasteiger partial charge in [-0.1, -0.05) is 24.3 Å². The van der Waals surface area contributed by atoms with Gasteiger partial charge in [0.1, 0.15) is 0 Å². The number of carbonyl (C=O) groups is 4. The van der Waals surface area contributed by atoms with Crippen molar-refractivity contribution in [1.29, 1.82) is 0 Å². The Balaban J connectivity index is 1.78. The summed E-state index contributed by atoms with van der Waals surface area (Å²) in [5.74, 6) is -3.87. The van der Waals surface area contributed by atoms with Crippen LogP contribution in [0.2, 0.25) is 0 Å². The van der Waals surface area contributed by atoms with Crippen LogP contribution in [0.3, 0.4) is 0 Å². The number of nitro groups is 1. The molecule has 2 amide bonds. The third-order valence-electron chi connectivity index (χ3n) is 5.97. The highest BCUT2D eigenvalue weighted by Crippen LogP contribution is 2.43. The molecule has 4 aromatic carbocycles. The number of carboxylic acid groups (broad SMARTS) is 2. The molecule has 0 saturated carbocycles. The molecule has 0 radical (unpaired) electrons. The molecule has 10 heteroatoms. The highest BCUT2D eigenvalue weighted by Gasteiger charge is 2.37. The fourth-order valence-corrected chi connectivity index (χ4v) is 4.39. The number of amides is 2. The summed E-state index contributed by atoms with van der Waals surface area (Å²) in [6, 6.07) is 16.4. The van der Waals surface area contributed by atoms with Crippen molar-refractivity contribution in [2.24, 2.45) is 0 Å². The molecule has 1 heterocycles. The summed E-state index contributed by atoms with van der Waals surface area (Å²) in [7, 11) is 0. The van der Waals surface area contributed by atoms with Crippen molar-refractivity contribution in [2.75, 3.05) is 4.90 Å². The Morgan fingerprint density at radius 2 is 1.42 bits per heavy atom. The van der Waals surface area contributed by atoms with Gasteiger partial charge in [0.15, 0.2) is 0 Å². The topological polar surface area (TPSA) is 155 Å². The van der Waals surface area contributed by atoms with Crippen LogP contribution in [0.25, 0.3) is 21.9 Å². The number of imide groups is 1. The largest absolute Gasteiger partial charge is 0.478 e. The normalized spacial score (nSPS) is 12.6. The number of hydrogen-bond donors (Lipinski definition) is 2. The maximum atomic E-state index is 13.5. The minimum absolute atomic E-state index is 0.0398. The number of carboxylic acids is 2. The first-order chi connectivity index (χ1) is 17.2. The molecule has 0 aromatic heterocycles. The zero-order valence-electron chi connectivity index (χ0n) is 18.2. The highest BCUT2D eigenvalue weighted by atomic mass is 16.6. The van der Waals surface area contributed by atoms with Crippen LogP contribution in [0.1, 0.15) is 41.4 Å². The molecule has 0 atom stereocenters. The van der Waals surface area contributed by atoms with Gasteiger partial charge in [-0.2, -0.15) is 0 Å². The molecule has 0 bridgehead atoms.